The summed E-state index contributed by atoms with van der Waals surface area (Å²) >= 11 is 0. The number of carbonyl (C=O) groups excluding carboxylic acids is 3. The van der Waals surface area contributed by atoms with Crippen molar-refractivity contribution < 1.29 is 19.1 Å². The Morgan fingerprint density at radius 3 is 2.71 bits per heavy atom. The Labute approximate surface area is 122 Å². The molecule has 1 heterocycles. The number of amides is 3. The number of nitrogens with zero attached hydrogens (tertiary/aromatic N) is 2. The summed E-state index contributed by atoms with van der Waals surface area (Å²) in [7, 11) is 3.12. The third-order valence-electron chi connectivity index (χ3n) is 3.32. The van der Waals surface area contributed by atoms with E-state index in [9.17, 15) is 14.4 Å². The number of methoxy groups -OCH3 is 1. The van der Waals surface area contributed by atoms with Gasteiger partial charge < -0.3 is 15.0 Å². The Morgan fingerprint density at radius 2 is 2.10 bits per heavy atom. The minimum absolute atomic E-state index is 0.0430. The lowest BCUT2D eigenvalue weighted by Gasteiger charge is -2.23. The van der Waals surface area contributed by atoms with Crippen molar-refractivity contribution in [2.75, 3.05) is 38.7 Å². The zero-order chi connectivity index (χ0) is 15.4. The van der Waals surface area contributed by atoms with Gasteiger partial charge in [-0.25, -0.2) is 9.59 Å². The molecule has 2 rings (SSSR count). The number of carbonyl (C=O) groups is 3. The van der Waals surface area contributed by atoms with Gasteiger partial charge in [0.2, 0.25) is 5.91 Å². The highest BCUT2D eigenvalue weighted by molar-refractivity contribution is 6.02. The van der Waals surface area contributed by atoms with Crippen molar-refractivity contribution >= 4 is 23.6 Å². The standard InChI is InChI=1S/C14H17N3O4/c1-16(7-8-17-12(18)9-15-14(17)20)11-6-4-3-5-10(11)13(19)21-2/h3-6H,7-9H2,1-2H3,(H,15,20). The number of hydrogen-bond acceptors (Lipinski definition) is 5. The van der Waals surface area contributed by atoms with Crippen LogP contribution in [0.2, 0.25) is 0 Å². The first-order chi connectivity index (χ1) is 10.0. The topological polar surface area (TPSA) is 79.0 Å². The normalized spacial score (nSPS) is 14.1. The monoisotopic (exact) mass is 291 g/mol. The molecule has 1 aliphatic heterocycles. The summed E-state index contributed by atoms with van der Waals surface area (Å²) in [6, 6.07) is 6.64. The van der Waals surface area contributed by atoms with Crippen LogP contribution in [0.25, 0.3) is 0 Å². The van der Waals surface area contributed by atoms with Gasteiger partial charge in [-0.3, -0.25) is 9.69 Å². The first kappa shape index (κ1) is 14.8. The zero-order valence-corrected chi connectivity index (χ0v) is 12.0. The Kier molecular flexibility index (Phi) is 4.42. The molecule has 1 aliphatic rings. The van der Waals surface area contributed by atoms with Crippen LogP contribution >= 0.6 is 0 Å². The fourth-order valence-corrected chi connectivity index (χ4v) is 2.14. The van der Waals surface area contributed by atoms with E-state index in [1.807, 2.05) is 11.0 Å². The average molecular weight is 291 g/mol. The molecular formula is C14H17N3O4. The van der Waals surface area contributed by atoms with E-state index in [0.29, 0.717) is 17.8 Å². The summed E-state index contributed by atoms with van der Waals surface area (Å²) in [6.45, 7) is 0.727. The summed E-state index contributed by atoms with van der Waals surface area (Å²) in [5, 5.41) is 2.47. The van der Waals surface area contributed by atoms with Crippen LogP contribution in [0.3, 0.4) is 0 Å². The maximum absolute atomic E-state index is 11.7. The summed E-state index contributed by atoms with van der Waals surface area (Å²) in [6.07, 6.45) is 0. The summed E-state index contributed by atoms with van der Waals surface area (Å²) in [5.74, 6) is -0.665. The molecule has 0 spiro atoms. The lowest BCUT2D eigenvalue weighted by Crippen LogP contribution is -2.38. The van der Waals surface area contributed by atoms with Crippen molar-refractivity contribution in [3.05, 3.63) is 29.8 Å². The number of anilines is 1. The van der Waals surface area contributed by atoms with Gasteiger partial charge in [-0.05, 0) is 12.1 Å². The Hall–Kier alpha value is -2.57. The molecule has 7 nitrogen and oxygen atoms in total. The van der Waals surface area contributed by atoms with Crippen LogP contribution in [-0.2, 0) is 9.53 Å². The average Bonchev–Trinajstić information content (AvgIpc) is 2.82. The van der Waals surface area contributed by atoms with Gasteiger partial charge in [0.25, 0.3) is 0 Å². The van der Waals surface area contributed by atoms with Gasteiger partial charge in [0.1, 0.15) is 0 Å². The van der Waals surface area contributed by atoms with Crippen molar-refractivity contribution in [2.45, 2.75) is 0 Å². The molecule has 0 unspecified atom stereocenters. The van der Waals surface area contributed by atoms with Gasteiger partial charge in [-0.2, -0.15) is 0 Å². The van der Waals surface area contributed by atoms with Crippen LogP contribution in [-0.4, -0.2) is 56.6 Å². The predicted octanol–water partition coefficient (Wildman–Crippen LogP) is 0.461. The minimum Gasteiger partial charge on any atom is -0.465 e. The molecule has 0 radical (unpaired) electrons. The van der Waals surface area contributed by atoms with Gasteiger partial charge in [-0.15, -0.1) is 0 Å². The first-order valence-corrected chi connectivity index (χ1v) is 6.51. The number of nitrogens with one attached hydrogen (secondary N) is 1. The van der Waals surface area contributed by atoms with E-state index >= 15 is 0 Å². The summed E-state index contributed by atoms with van der Waals surface area (Å²) < 4.78 is 4.74. The first-order valence-electron chi connectivity index (χ1n) is 6.51. The van der Waals surface area contributed by atoms with Crippen LogP contribution in [0.5, 0.6) is 0 Å². The highest BCUT2D eigenvalue weighted by Gasteiger charge is 2.28. The molecule has 1 aromatic rings. The molecule has 0 aromatic heterocycles. The second-order valence-corrected chi connectivity index (χ2v) is 4.63. The Balaban J connectivity index is 2.07. The van der Waals surface area contributed by atoms with Crippen molar-refractivity contribution in [3.63, 3.8) is 0 Å². The van der Waals surface area contributed by atoms with Crippen LogP contribution in [0, 0.1) is 0 Å². The van der Waals surface area contributed by atoms with E-state index in [2.05, 4.69) is 5.32 Å². The molecule has 0 bridgehead atoms. The maximum Gasteiger partial charge on any atom is 0.339 e. The number of esters is 1. The number of benzene rings is 1. The Morgan fingerprint density at radius 1 is 1.38 bits per heavy atom. The number of rotatable bonds is 5. The predicted molar refractivity (Wildman–Crippen MR) is 76.2 cm³/mol. The highest BCUT2D eigenvalue weighted by Crippen LogP contribution is 2.19. The molecule has 0 saturated carbocycles. The van der Waals surface area contributed by atoms with E-state index in [1.165, 1.54) is 7.11 Å². The third kappa shape index (κ3) is 3.13. The largest absolute Gasteiger partial charge is 0.465 e. The molecule has 1 aromatic carbocycles. The quantitative estimate of drug-likeness (QED) is 0.630. The van der Waals surface area contributed by atoms with Crippen LogP contribution in [0.4, 0.5) is 10.5 Å². The molecule has 3 amide bonds. The number of para-hydroxylation sites is 1. The van der Waals surface area contributed by atoms with E-state index in [4.69, 9.17) is 4.74 Å². The number of imide groups is 1. The zero-order valence-electron chi connectivity index (χ0n) is 12.0. The van der Waals surface area contributed by atoms with Gasteiger partial charge in [0.05, 0.1) is 24.9 Å². The summed E-state index contributed by atoms with van der Waals surface area (Å²) in [4.78, 5) is 37.7. The van der Waals surface area contributed by atoms with E-state index in [-0.39, 0.29) is 25.0 Å². The van der Waals surface area contributed by atoms with E-state index in [0.717, 1.165) is 4.90 Å². The van der Waals surface area contributed by atoms with Crippen molar-refractivity contribution in [2.24, 2.45) is 0 Å². The molecule has 1 N–H and O–H groups in total. The minimum atomic E-state index is -0.424. The fraction of sp³-hybridized carbons (Fsp3) is 0.357. The molecule has 1 saturated heterocycles. The second-order valence-electron chi connectivity index (χ2n) is 4.63. The number of ether oxygens (including phenoxy) is 1. The molecule has 112 valence electrons. The summed E-state index contributed by atoms with van der Waals surface area (Å²) in [5.41, 5.74) is 1.14. The van der Waals surface area contributed by atoms with Crippen molar-refractivity contribution in [3.8, 4) is 0 Å². The lowest BCUT2D eigenvalue weighted by molar-refractivity contribution is -0.124. The second kappa shape index (κ2) is 6.25. The van der Waals surface area contributed by atoms with Crippen molar-refractivity contribution in [1.29, 1.82) is 0 Å². The number of hydrogen-bond donors (Lipinski definition) is 1. The maximum atomic E-state index is 11.7. The SMILES string of the molecule is COC(=O)c1ccccc1N(C)CCN1C(=O)CNC1=O. The molecule has 7 heteroatoms. The molecule has 1 fully saturated rings. The van der Waals surface area contributed by atoms with Gasteiger partial charge in [0, 0.05) is 20.1 Å². The number of likely N-dealkylation sites (N-methyl/N-ethyl adjacent to an activating group) is 1. The number of urea groups is 1. The van der Waals surface area contributed by atoms with Crippen molar-refractivity contribution in [1.82, 2.24) is 10.2 Å². The van der Waals surface area contributed by atoms with E-state index in [1.54, 1.807) is 25.2 Å². The van der Waals surface area contributed by atoms with Gasteiger partial charge in [0.15, 0.2) is 0 Å². The van der Waals surface area contributed by atoms with Crippen LogP contribution in [0.1, 0.15) is 10.4 Å². The highest BCUT2D eigenvalue weighted by atomic mass is 16.5. The molecule has 0 atom stereocenters. The van der Waals surface area contributed by atoms with E-state index < -0.39 is 5.97 Å². The third-order valence-corrected chi connectivity index (χ3v) is 3.32. The molecule has 0 aliphatic carbocycles. The van der Waals surface area contributed by atoms with Crippen LogP contribution in [0.15, 0.2) is 24.3 Å². The smallest absolute Gasteiger partial charge is 0.339 e. The Bertz CT molecular complexity index is 557. The fourth-order valence-electron chi connectivity index (χ4n) is 2.14. The van der Waals surface area contributed by atoms with Gasteiger partial charge in [-0.1, -0.05) is 12.1 Å². The van der Waals surface area contributed by atoms with Crippen LogP contribution < -0.4 is 10.2 Å². The molecular weight excluding hydrogens is 274 g/mol. The van der Waals surface area contributed by atoms with Gasteiger partial charge >= 0.3 is 12.0 Å². The lowest BCUT2D eigenvalue weighted by atomic mass is 10.1. The molecule has 21 heavy (non-hydrogen) atoms.